The summed E-state index contributed by atoms with van der Waals surface area (Å²) in [4.78, 5) is 0. The molecule has 0 saturated carbocycles. The first kappa shape index (κ1) is 28.8. The van der Waals surface area contributed by atoms with Crippen LogP contribution in [0.4, 0.5) is 0 Å². The molecule has 0 amide bonds. The molecule has 0 N–H and O–H groups in total. The van der Waals surface area contributed by atoms with Gasteiger partial charge in [-0.2, -0.15) is 0 Å². The van der Waals surface area contributed by atoms with Crippen LogP contribution in [0.2, 0.25) is 0 Å². The maximum Gasteiger partial charge on any atom is -0.0102 e. The first-order chi connectivity index (χ1) is 23.7. The second-order valence-corrected chi connectivity index (χ2v) is 15.4. The van der Waals surface area contributed by atoms with E-state index < -0.39 is 0 Å². The van der Waals surface area contributed by atoms with Gasteiger partial charge in [0.15, 0.2) is 0 Å². The van der Waals surface area contributed by atoms with E-state index in [1.54, 1.807) is 78.0 Å². The summed E-state index contributed by atoms with van der Waals surface area (Å²) in [7, 11) is 0. The third kappa shape index (κ3) is 4.94. The van der Waals surface area contributed by atoms with Crippen molar-refractivity contribution in [2.45, 2.75) is 103 Å². The fourth-order valence-corrected chi connectivity index (χ4v) is 10.2. The smallest absolute Gasteiger partial charge is 0.0102 e. The minimum Gasteiger partial charge on any atom is -0.0839 e. The van der Waals surface area contributed by atoms with Crippen molar-refractivity contribution >= 4 is 22.9 Å². The quantitative estimate of drug-likeness (QED) is 0.319. The van der Waals surface area contributed by atoms with E-state index in [1.165, 1.54) is 125 Å². The van der Waals surface area contributed by atoms with Crippen molar-refractivity contribution in [2.24, 2.45) is 0 Å². The highest BCUT2D eigenvalue weighted by atomic mass is 14.3. The maximum absolute atomic E-state index is 2.61. The summed E-state index contributed by atoms with van der Waals surface area (Å²) < 4.78 is 0. The van der Waals surface area contributed by atoms with E-state index in [9.17, 15) is 0 Å². The molecule has 8 aliphatic carbocycles. The molecule has 0 atom stereocenters. The first-order valence-electron chi connectivity index (χ1n) is 19.1. The number of benzene rings is 2. The predicted octanol–water partition coefficient (Wildman–Crippen LogP) is 13.0. The summed E-state index contributed by atoms with van der Waals surface area (Å²) in [5, 5.41) is 2.88. The monoisotopic (exact) mass is 622 g/mol. The second-order valence-electron chi connectivity index (χ2n) is 15.4. The minimum absolute atomic E-state index is 1.18. The molecule has 48 heavy (non-hydrogen) atoms. The van der Waals surface area contributed by atoms with Crippen molar-refractivity contribution in [3.8, 4) is 0 Å². The Morgan fingerprint density at radius 3 is 1.31 bits per heavy atom. The lowest BCUT2D eigenvalue weighted by Crippen LogP contribution is -2.12. The molecule has 0 saturated heterocycles. The molecule has 0 fully saturated rings. The summed E-state index contributed by atoms with van der Waals surface area (Å²) in [5.41, 5.74) is 25.6. The van der Waals surface area contributed by atoms with Gasteiger partial charge in [0.2, 0.25) is 0 Å². The van der Waals surface area contributed by atoms with Crippen molar-refractivity contribution in [1.82, 2.24) is 0 Å². The van der Waals surface area contributed by atoms with Crippen molar-refractivity contribution in [3.63, 3.8) is 0 Å². The van der Waals surface area contributed by atoms with Crippen LogP contribution < -0.4 is 0 Å². The van der Waals surface area contributed by atoms with Crippen LogP contribution in [0.1, 0.15) is 112 Å². The normalized spacial score (nSPS) is 23.2. The van der Waals surface area contributed by atoms with Crippen LogP contribution in [0.3, 0.4) is 0 Å². The Balaban J connectivity index is 0.914. The van der Waals surface area contributed by atoms with E-state index in [1.807, 2.05) is 0 Å². The van der Waals surface area contributed by atoms with Crippen LogP contribution in [-0.4, -0.2) is 0 Å². The third-order valence-electron chi connectivity index (χ3n) is 12.8. The average Bonchev–Trinajstić information content (AvgIpc) is 3.17. The third-order valence-corrected chi connectivity index (χ3v) is 12.8. The van der Waals surface area contributed by atoms with Crippen LogP contribution in [-0.2, 0) is 12.8 Å². The number of fused-ring (bicyclic) bond motifs is 6. The maximum atomic E-state index is 2.61. The van der Waals surface area contributed by atoms with Gasteiger partial charge in [-0.05, 0) is 203 Å². The fraction of sp³-hybridized carbons (Fsp3) is 0.333. The predicted molar refractivity (Wildman–Crippen MR) is 204 cm³/mol. The molecule has 8 aliphatic rings. The van der Waals surface area contributed by atoms with E-state index in [4.69, 9.17) is 0 Å². The number of allylic oxidation sites excluding steroid dienone is 20. The zero-order valence-electron chi connectivity index (χ0n) is 28.4. The van der Waals surface area contributed by atoms with Crippen molar-refractivity contribution in [1.29, 1.82) is 0 Å². The fourth-order valence-electron chi connectivity index (χ4n) is 10.2. The molecule has 0 heterocycles. The summed E-state index contributed by atoms with van der Waals surface area (Å²) in [6.45, 7) is 0. The Bertz CT molecular complexity index is 2140. The molecule has 238 valence electrons. The zero-order valence-corrected chi connectivity index (χ0v) is 28.4. The molecule has 2 aromatic rings. The topological polar surface area (TPSA) is 0 Å². The van der Waals surface area contributed by atoms with E-state index in [2.05, 4.69) is 85.0 Å². The highest BCUT2D eigenvalue weighted by molar-refractivity contribution is 6.00. The molecule has 10 rings (SSSR count). The van der Waals surface area contributed by atoms with Gasteiger partial charge in [-0.1, -0.05) is 85.0 Å². The number of hydrogen-bond acceptors (Lipinski definition) is 0. The van der Waals surface area contributed by atoms with Gasteiger partial charge in [-0.3, -0.25) is 0 Å². The molecular formula is C48H46. The van der Waals surface area contributed by atoms with Crippen LogP contribution in [0.25, 0.3) is 22.9 Å². The largest absolute Gasteiger partial charge is 0.0839 e. The lowest BCUT2D eigenvalue weighted by atomic mass is 9.75. The SMILES string of the molecule is C1=CC2=C(C=C(C3=CC4=C(C=C(C5=CC6=C(C=C(C7=Cc8c(c9c(c%10ccccc8%10)C=CCC9)CC7)CC6)CC5)CC4)CC3)CC2)CC1. The lowest BCUT2D eigenvalue weighted by Gasteiger charge is -2.30. The van der Waals surface area contributed by atoms with Gasteiger partial charge < -0.3 is 0 Å². The molecule has 0 aliphatic heterocycles. The highest BCUT2D eigenvalue weighted by Gasteiger charge is 2.27. The van der Waals surface area contributed by atoms with Crippen molar-refractivity contribution < 1.29 is 0 Å². The highest BCUT2D eigenvalue weighted by Crippen LogP contribution is 2.46. The molecule has 2 aromatic carbocycles. The molecule has 0 nitrogen and oxygen atoms in total. The van der Waals surface area contributed by atoms with Crippen molar-refractivity contribution in [2.75, 3.05) is 0 Å². The summed E-state index contributed by atoms with van der Waals surface area (Å²) in [6, 6.07) is 9.14. The molecule has 0 bridgehead atoms. The minimum atomic E-state index is 1.18. The Morgan fingerprint density at radius 2 is 0.729 bits per heavy atom. The molecule has 0 aromatic heterocycles. The average molecular weight is 623 g/mol. The van der Waals surface area contributed by atoms with Gasteiger partial charge in [0.1, 0.15) is 0 Å². The van der Waals surface area contributed by atoms with Crippen LogP contribution in [0.15, 0.2) is 140 Å². The van der Waals surface area contributed by atoms with E-state index in [0.717, 1.165) is 0 Å². The molecular weight excluding hydrogens is 577 g/mol. The van der Waals surface area contributed by atoms with E-state index in [-0.39, 0.29) is 0 Å². The Morgan fingerprint density at radius 1 is 0.312 bits per heavy atom. The lowest BCUT2D eigenvalue weighted by molar-refractivity contribution is 0.783. The van der Waals surface area contributed by atoms with Crippen LogP contribution in [0, 0.1) is 0 Å². The summed E-state index contributed by atoms with van der Waals surface area (Å²) in [5.74, 6) is 0. The van der Waals surface area contributed by atoms with Crippen molar-refractivity contribution in [3.05, 3.63) is 162 Å². The molecule has 0 heteroatoms. The van der Waals surface area contributed by atoms with Gasteiger partial charge in [0, 0.05) is 0 Å². The Hall–Kier alpha value is -4.16. The summed E-state index contributed by atoms with van der Waals surface area (Å²) in [6.07, 6.45) is 44.3. The van der Waals surface area contributed by atoms with Gasteiger partial charge in [0.05, 0.1) is 0 Å². The van der Waals surface area contributed by atoms with E-state index >= 15 is 0 Å². The van der Waals surface area contributed by atoms with Crippen LogP contribution >= 0.6 is 0 Å². The Labute approximate surface area is 286 Å². The Kier molecular flexibility index (Phi) is 7.06. The first-order valence-corrected chi connectivity index (χ1v) is 19.1. The van der Waals surface area contributed by atoms with Gasteiger partial charge in [0.25, 0.3) is 0 Å². The van der Waals surface area contributed by atoms with Gasteiger partial charge >= 0.3 is 0 Å². The van der Waals surface area contributed by atoms with Crippen LogP contribution in [0.5, 0.6) is 0 Å². The van der Waals surface area contributed by atoms with E-state index in [0.29, 0.717) is 0 Å². The molecule has 0 spiro atoms. The molecule has 0 radical (unpaired) electrons. The summed E-state index contributed by atoms with van der Waals surface area (Å²) >= 11 is 0. The van der Waals surface area contributed by atoms with Gasteiger partial charge in [-0.15, -0.1) is 0 Å². The van der Waals surface area contributed by atoms with Gasteiger partial charge in [-0.25, -0.2) is 0 Å². The molecule has 0 unspecified atom stereocenters. The number of rotatable bonds is 3. The number of hydrogen-bond donors (Lipinski definition) is 0. The second kappa shape index (κ2) is 11.8. The standard InChI is InChI=1S/C48H46/c1-2-8-32-25-33(14-13-31(32)7-1)34-15-16-36-27-37(18-17-35(36)26-34)38-19-20-40-29-41(22-21-39(40)28-38)42-23-24-47-45-11-4-3-9-43(45)44-10-5-6-12-46(44)48(47)30-42/h1,3,5-7,9-10,12,25-30H,2,4,8,11,13-24H2. The zero-order chi connectivity index (χ0) is 31.6.